The molecule has 0 unspecified atom stereocenters. The summed E-state index contributed by atoms with van der Waals surface area (Å²) in [5, 5.41) is 10.1. The standard InChI is InChI=1S/C16H13N3O5/c20-16(13-3-4-18-23-13)17-9-11-8-14(24-19-11)10-1-2-12-15(7-10)22-6-5-21-12/h1-4,7-8H,5-6,9H2,(H,17,20). The maximum atomic E-state index is 11.8. The van der Waals surface area contributed by atoms with E-state index in [0.29, 0.717) is 36.2 Å². The maximum absolute atomic E-state index is 11.8. The molecule has 0 fully saturated rings. The summed E-state index contributed by atoms with van der Waals surface area (Å²) in [6.45, 7) is 1.28. The molecule has 1 aliphatic rings. The van der Waals surface area contributed by atoms with Crippen LogP contribution in [0.3, 0.4) is 0 Å². The van der Waals surface area contributed by atoms with Gasteiger partial charge in [-0.05, 0) is 18.2 Å². The molecule has 0 radical (unpaired) electrons. The molecule has 0 aliphatic carbocycles. The fourth-order valence-electron chi connectivity index (χ4n) is 2.32. The van der Waals surface area contributed by atoms with Crippen molar-refractivity contribution in [2.24, 2.45) is 0 Å². The van der Waals surface area contributed by atoms with Gasteiger partial charge in [-0.2, -0.15) is 0 Å². The minimum absolute atomic E-state index is 0.144. The molecule has 24 heavy (non-hydrogen) atoms. The highest BCUT2D eigenvalue weighted by molar-refractivity contribution is 5.91. The number of carbonyl (C=O) groups is 1. The molecule has 122 valence electrons. The topological polar surface area (TPSA) is 99.6 Å². The molecule has 1 N–H and O–H groups in total. The number of amides is 1. The molecule has 0 saturated carbocycles. The van der Waals surface area contributed by atoms with Crippen molar-refractivity contribution in [3.8, 4) is 22.8 Å². The van der Waals surface area contributed by atoms with Crippen molar-refractivity contribution in [1.29, 1.82) is 0 Å². The van der Waals surface area contributed by atoms with Crippen molar-refractivity contribution in [2.45, 2.75) is 6.54 Å². The molecule has 8 heteroatoms. The van der Waals surface area contributed by atoms with Crippen molar-refractivity contribution < 1.29 is 23.3 Å². The van der Waals surface area contributed by atoms with Gasteiger partial charge < -0.3 is 23.8 Å². The van der Waals surface area contributed by atoms with E-state index in [-0.39, 0.29) is 18.2 Å². The molecule has 0 bridgehead atoms. The molecule has 3 heterocycles. The van der Waals surface area contributed by atoms with E-state index in [0.717, 1.165) is 5.56 Å². The lowest BCUT2D eigenvalue weighted by atomic mass is 10.1. The predicted molar refractivity (Wildman–Crippen MR) is 80.6 cm³/mol. The number of nitrogens with one attached hydrogen (secondary N) is 1. The molecule has 1 aliphatic heterocycles. The van der Waals surface area contributed by atoms with E-state index in [4.69, 9.17) is 18.5 Å². The third-order valence-corrected chi connectivity index (χ3v) is 3.48. The van der Waals surface area contributed by atoms with Gasteiger partial charge in [-0.25, -0.2) is 0 Å². The molecule has 0 atom stereocenters. The Balaban J connectivity index is 1.46. The number of benzene rings is 1. The molecular formula is C16H13N3O5. The van der Waals surface area contributed by atoms with Crippen LogP contribution in [0.25, 0.3) is 11.3 Å². The number of aromatic nitrogens is 2. The predicted octanol–water partition coefficient (Wildman–Crippen LogP) is 2.03. The van der Waals surface area contributed by atoms with E-state index < -0.39 is 0 Å². The van der Waals surface area contributed by atoms with E-state index in [1.54, 1.807) is 6.07 Å². The fraction of sp³-hybridized carbons (Fsp3) is 0.188. The van der Waals surface area contributed by atoms with E-state index in [9.17, 15) is 4.79 Å². The van der Waals surface area contributed by atoms with Gasteiger partial charge in [0.15, 0.2) is 17.3 Å². The van der Waals surface area contributed by atoms with Gasteiger partial charge in [0.05, 0.1) is 12.7 Å². The molecule has 3 aromatic rings. The number of hydrogen-bond donors (Lipinski definition) is 1. The van der Waals surface area contributed by atoms with Crippen LogP contribution in [0.4, 0.5) is 0 Å². The van der Waals surface area contributed by atoms with Crippen LogP contribution in [-0.4, -0.2) is 29.4 Å². The lowest BCUT2D eigenvalue weighted by Gasteiger charge is -2.18. The van der Waals surface area contributed by atoms with Gasteiger partial charge in [0, 0.05) is 17.7 Å². The number of rotatable bonds is 4. The van der Waals surface area contributed by atoms with Gasteiger partial charge in [0.2, 0.25) is 5.76 Å². The van der Waals surface area contributed by atoms with Gasteiger partial charge in [-0.15, -0.1) is 0 Å². The van der Waals surface area contributed by atoms with Crippen LogP contribution >= 0.6 is 0 Å². The largest absolute Gasteiger partial charge is 0.486 e. The van der Waals surface area contributed by atoms with E-state index in [1.807, 2.05) is 18.2 Å². The summed E-state index contributed by atoms with van der Waals surface area (Å²) in [6, 6.07) is 8.78. The van der Waals surface area contributed by atoms with Gasteiger partial charge in [0.1, 0.15) is 18.9 Å². The molecule has 1 amide bonds. The first-order valence-corrected chi connectivity index (χ1v) is 7.34. The number of carbonyl (C=O) groups excluding carboxylic acids is 1. The molecule has 4 rings (SSSR count). The van der Waals surface area contributed by atoms with Gasteiger partial charge in [0.25, 0.3) is 5.91 Å². The van der Waals surface area contributed by atoms with Crippen molar-refractivity contribution in [2.75, 3.05) is 13.2 Å². The normalized spacial score (nSPS) is 12.8. The lowest BCUT2D eigenvalue weighted by Crippen LogP contribution is -2.22. The Bertz CT molecular complexity index is 856. The Morgan fingerprint density at radius 2 is 1.96 bits per heavy atom. The second kappa shape index (κ2) is 6.07. The Morgan fingerprint density at radius 3 is 2.79 bits per heavy atom. The number of hydrogen-bond acceptors (Lipinski definition) is 7. The van der Waals surface area contributed by atoms with Crippen molar-refractivity contribution in [3.63, 3.8) is 0 Å². The van der Waals surface area contributed by atoms with Crippen LogP contribution in [0.15, 0.2) is 45.6 Å². The summed E-state index contributed by atoms with van der Waals surface area (Å²) in [5.41, 5.74) is 1.41. The Morgan fingerprint density at radius 1 is 1.08 bits per heavy atom. The zero-order valence-electron chi connectivity index (χ0n) is 12.5. The molecule has 1 aromatic carbocycles. The van der Waals surface area contributed by atoms with Crippen LogP contribution in [0.2, 0.25) is 0 Å². The molecule has 8 nitrogen and oxygen atoms in total. The number of fused-ring (bicyclic) bond motifs is 1. The third kappa shape index (κ3) is 2.81. The highest BCUT2D eigenvalue weighted by Gasteiger charge is 2.15. The average molecular weight is 327 g/mol. The quantitative estimate of drug-likeness (QED) is 0.782. The first kappa shape index (κ1) is 14.3. The van der Waals surface area contributed by atoms with E-state index >= 15 is 0 Å². The van der Waals surface area contributed by atoms with Gasteiger partial charge in [-0.1, -0.05) is 10.3 Å². The number of ether oxygens (including phenoxy) is 2. The lowest BCUT2D eigenvalue weighted by molar-refractivity contribution is 0.0913. The minimum atomic E-state index is -0.364. The minimum Gasteiger partial charge on any atom is -0.486 e. The molecule has 0 saturated heterocycles. The van der Waals surface area contributed by atoms with Gasteiger partial charge >= 0.3 is 0 Å². The smallest absolute Gasteiger partial charge is 0.290 e. The SMILES string of the molecule is O=C(NCc1cc(-c2ccc3c(c2)OCCO3)on1)c1ccno1. The average Bonchev–Trinajstić information content (AvgIpc) is 3.31. The van der Waals surface area contributed by atoms with Crippen LogP contribution in [-0.2, 0) is 6.54 Å². The summed E-state index contributed by atoms with van der Waals surface area (Å²) in [5.74, 6) is 1.75. The Hall–Kier alpha value is -3.29. The third-order valence-electron chi connectivity index (χ3n) is 3.48. The number of nitrogens with zero attached hydrogens (tertiary/aromatic N) is 2. The van der Waals surface area contributed by atoms with Crippen LogP contribution in [0.1, 0.15) is 16.2 Å². The van der Waals surface area contributed by atoms with Crippen molar-refractivity contribution >= 4 is 5.91 Å². The molecule has 2 aromatic heterocycles. The summed E-state index contributed by atoms with van der Waals surface area (Å²) in [6.07, 6.45) is 1.41. The summed E-state index contributed by atoms with van der Waals surface area (Å²) < 4.78 is 21.2. The van der Waals surface area contributed by atoms with Gasteiger partial charge in [-0.3, -0.25) is 4.79 Å². The second-order valence-corrected chi connectivity index (χ2v) is 5.10. The highest BCUT2D eigenvalue weighted by Crippen LogP contribution is 2.34. The summed E-state index contributed by atoms with van der Waals surface area (Å²) in [4.78, 5) is 11.8. The van der Waals surface area contributed by atoms with Crippen molar-refractivity contribution in [3.05, 3.63) is 48.0 Å². The summed E-state index contributed by atoms with van der Waals surface area (Å²) in [7, 11) is 0. The van der Waals surface area contributed by atoms with E-state index in [1.165, 1.54) is 12.3 Å². The summed E-state index contributed by atoms with van der Waals surface area (Å²) >= 11 is 0. The van der Waals surface area contributed by atoms with E-state index in [2.05, 4.69) is 15.6 Å². The molecule has 0 spiro atoms. The Kier molecular flexibility index (Phi) is 3.62. The highest BCUT2D eigenvalue weighted by atomic mass is 16.6. The Labute approximate surface area is 136 Å². The first-order chi connectivity index (χ1) is 11.8. The fourth-order valence-corrected chi connectivity index (χ4v) is 2.32. The van der Waals surface area contributed by atoms with Crippen LogP contribution < -0.4 is 14.8 Å². The zero-order valence-corrected chi connectivity index (χ0v) is 12.5. The van der Waals surface area contributed by atoms with Crippen LogP contribution in [0.5, 0.6) is 11.5 Å². The first-order valence-electron chi connectivity index (χ1n) is 7.34. The second-order valence-electron chi connectivity index (χ2n) is 5.10. The van der Waals surface area contributed by atoms with Crippen molar-refractivity contribution in [1.82, 2.24) is 15.6 Å². The molecular weight excluding hydrogens is 314 g/mol. The maximum Gasteiger partial charge on any atom is 0.290 e. The monoisotopic (exact) mass is 327 g/mol. The zero-order chi connectivity index (χ0) is 16.4. The van der Waals surface area contributed by atoms with Crippen LogP contribution in [0, 0.1) is 0 Å².